The number of hydrogen-bond acceptors (Lipinski definition) is 3. The van der Waals surface area contributed by atoms with Gasteiger partial charge in [0.15, 0.2) is 6.54 Å². The number of benzene rings is 1. The van der Waals surface area contributed by atoms with Gasteiger partial charge in [0.1, 0.15) is 0 Å². The van der Waals surface area contributed by atoms with Gasteiger partial charge in [-0.15, -0.1) is 0 Å². The molecule has 142 valence electrons. The highest BCUT2D eigenvalue weighted by molar-refractivity contribution is 5.79. The van der Waals surface area contributed by atoms with Crippen molar-refractivity contribution in [3.8, 4) is 0 Å². The van der Waals surface area contributed by atoms with E-state index in [1.165, 1.54) is 35.1 Å². The number of rotatable bonds is 8. The second-order valence-electron chi connectivity index (χ2n) is 8.44. The van der Waals surface area contributed by atoms with Gasteiger partial charge in [0.2, 0.25) is 11.9 Å². The Morgan fingerprint density at radius 1 is 1.35 bits per heavy atom. The van der Waals surface area contributed by atoms with Gasteiger partial charge in [-0.05, 0) is 29.4 Å². The van der Waals surface area contributed by atoms with Gasteiger partial charge in [0.25, 0.3) is 0 Å². The van der Waals surface area contributed by atoms with E-state index in [1.807, 2.05) is 0 Å². The molecule has 2 unspecified atom stereocenters. The molecule has 0 radical (unpaired) electrons. The zero-order valence-corrected chi connectivity index (χ0v) is 16.0. The Morgan fingerprint density at radius 2 is 2.12 bits per heavy atom. The molecule has 1 saturated carbocycles. The number of carbonyl (C=O) groups is 1. The van der Waals surface area contributed by atoms with E-state index in [1.54, 1.807) is 0 Å². The first-order chi connectivity index (χ1) is 12.4. The summed E-state index contributed by atoms with van der Waals surface area (Å²) in [5, 5.41) is 3.30. The molecule has 2 atom stereocenters. The van der Waals surface area contributed by atoms with E-state index in [0.29, 0.717) is 19.0 Å². The largest absolute Gasteiger partial charge is 0.368 e. The van der Waals surface area contributed by atoms with Crippen LogP contribution in [0.4, 0.5) is 0 Å². The quantitative estimate of drug-likeness (QED) is 0.701. The van der Waals surface area contributed by atoms with Gasteiger partial charge in [-0.25, -0.2) is 0 Å². The fourth-order valence-electron chi connectivity index (χ4n) is 4.15. The smallest absolute Gasteiger partial charge is 0.234 e. The minimum absolute atomic E-state index is 0.0189. The van der Waals surface area contributed by atoms with Crippen molar-refractivity contribution in [2.45, 2.75) is 71.0 Å². The van der Waals surface area contributed by atoms with E-state index in [-0.39, 0.29) is 18.0 Å². The summed E-state index contributed by atoms with van der Waals surface area (Å²) in [6, 6.07) is 6.14. The third kappa shape index (κ3) is 4.50. The second-order valence-corrected chi connectivity index (χ2v) is 8.44. The van der Waals surface area contributed by atoms with Crippen LogP contribution in [-0.2, 0) is 17.8 Å². The molecule has 1 fully saturated rings. The molecule has 0 spiro atoms. The van der Waals surface area contributed by atoms with Crippen LogP contribution in [0.2, 0.25) is 0 Å². The van der Waals surface area contributed by atoms with E-state index in [9.17, 15) is 9.70 Å². The van der Waals surface area contributed by atoms with Gasteiger partial charge < -0.3 is 11.1 Å². The summed E-state index contributed by atoms with van der Waals surface area (Å²) in [6.07, 6.45) is 6.39. The molecule has 1 aromatic rings. The highest BCUT2D eigenvalue weighted by atomic mass is 16.3. The number of nitrogens with zero attached hydrogens (tertiary/aromatic N) is 1. The Labute approximate surface area is 156 Å². The Morgan fingerprint density at radius 3 is 2.73 bits per heavy atom. The molecule has 0 bridgehead atoms. The van der Waals surface area contributed by atoms with E-state index in [2.05, 4.69) is 37.4 Å². The number of nitrogens with two attached hydrogens (primary N) is 1. The summed E-state index contributed by atoms with van der Waals surface area (Å²) in [4.78, 5) is 24.0. The lowest BCUT2D eigenvalue weighted by molar-refractivity contribution is -0.598. The number of nitroso groups, excluding NO2 is 1. The molecule has 1 heterocycles. The molecule has 0 saturated heterocycles. The predicted molar refractivity (Wildman–Crippen MR) is 103 cm³/mol. The minimum atomic E-state index is -0.297. The van der Waals surface area contributed by atoms with Crippen molar-refractivity contribution in [2.75, 3.05) is 6.54 Å². The first kappa shape index (κ1) is 19.0. The highest BCUT2D eigenvalue weighted by Crippen LogP contribution is 2.39. The average molecular weight is 359 g/mol. The zero-order valence-electron chi connectivity index (χ0n) is 16.0. The number of amides is 1. The van der Waals surface area contributed by atoms with Gasteiger partial charge in [-0.2, -0.15) is 0 Å². The van der Waals surface area contributed by atoms with Crippen molar-refractivity contribution in [3.63, 3.8) is 0 Å². The number of fused-ring (bicyclic) bond motifs is 1. The van der Waals surface area contributed by atoms with Crippen molar-refractivity contribution in [1.29, 1.82) is 0 Å². The van der Waals surface area contributed by atoms with Crippen LogP contribution in [-0.4, -0.2) is 23.3 Å². The molecule has 5 heteroatoms. The Kier molecular flexibility index (Phi) is 6.07. The molecule has 1 aromatic carbocycles. The Bertz CT molecular complexity index is 667. The normalized spacial score (nSPS) is 21.3. The van der Waals surface area contributed by atoms with E-state index < -0.39 is 0 Å². The van der Waals surface area contributed by atoms with Gasteiger partial charge in [0.05, 0.1) is 6.04 Å². The molecule has 26 heavy (non-hydrogen) atoms. The lowest BCUT2D eigenvalue weighted by atomic mass is 9.78. The molecule has 1 amide bonds. The van der Waals surface area contributed by atoms with Crippen molar-refractivity contribution >= 4 is 5.91 Å². The summed E-state index contributed by atoms with van der Waals surface area (Å²) in [5.74, 6) is 0.842. The maximum absolute atomic E-state index is 12.4. The van der Waals surface area contributed by atoms with Crippen molar-refractivity contribution in [3.05, 3.63) is 39.8 Å². The molecular formula is C21H32N3O2+. The Hall–Kier alpha value is -1.75. The van der Waals surface area contributed by atoms with Crippen LogP contribution in [0.25, 0.3) is 0 Å². The number of hydrogen-bond donors (Lipinski definition) is 2. The maximum atomic E-state index is 12.4. The lowest BCUT2D eigenvalue weighted by Gasteiger charge is -2.28. The fraction of sp³-hybridized carbons (Fsp3) is 0.667. The van der Waals surface area contributed by atoms with Crippen LogP contribution in [0, 0.1) is 16.7 Å². The third-order valence-electron chi connectivity index (χ3n) is 5.90. The van der Waals surface area contributed by atoms with Gasteiger partial charge in [0, 0.05) is 34.6 Å². The van der Waals surface area contributed by atoms with E-state index >= 15 is 0 Å². The van der Waals surface area contributed by atoms with Crippen LogP contribution in [0.1, 0.15) is 68.7 Å². The third-order valence-corrected chi connectivity index (χ3v) is 5.90. The first-order valence-electron chi connectivity index (χ1n) is 10.0. The second kappa shape index (κ2) is 8.30. The van der Waals surface area contributed by atoms with Crippen molar-refractivity contribution < 1.29 is 9.55 Å². The summed E-state index contributed by atoms with van der Waals surface area (Å²) < 4.78 is 1.28. The molecule has 3 rings (SSSR count). The first-order valence-corrected chi connectivity index (χ1v) is 10.0. The van der Waals surface area contributed by atoms with Crippen LogP contribution >= 0.6 is 0 Å². The molecule has 1 aliphatic carbocycles. The molecule has 1 aliphatic heterocycles. The van der Waals surface area contributed by atoms with Crippen molar-refractivity contribution in [1.82, 2.24) is 5.32 Å². The molecule has 0 aromatic heterocycles. The molecule has 3 N–H and O–H groups in total. The van der Waals surface area contributed by atoms with Crippen molar-refractivity contribution in [2.24, 2.45) is 17.6 Å². The number of carbonyl (C=O) groups excluding carboxylic acids is 1. The van der Waals surface area contributed by atoms with E-state index in [0.717, 1.165) is 30.7 Å². The number of primary amides is 1. The SMILES string of the molecule is CC(C)CC(NCc1ccc2c(c1)CC[N+](=O)C2CC1CCC1)C(N)=O. The highest BCUT2D eigenvalue weighted by Gasteiger charge is 2.37. The molecule has 2 aliphatic rings. The zero-order chi connectivity index (χ0) is 18.7. The van der Waals surface area contributed by atoms with Crippen LogP contribution in [0.3, 0.4) is 0 Å². The van der Waals surface area contributed by atoms with Gasteiger partial charge in [-0.1, -0.05) is 51.3 Å². The predicted octanol–water partition coefficient (Wildman–Crippen LogP) is 3.24. The van der Waals surface area contributed by atoms with Crippen LogP contribution in [0.5, 0.6) is 0 Å². The van der Waals surface area contributed by atoms with Gasteiger partial charge in [-0.3, -0.25) is 4.79 Å². The molecular weight excluding hydrogens is 326 g/mol. The topological polar surface area (TPSA) is 75.2 Å². The summed E-state index contributed by atoms with van der Waals surface area (Å²) in [5.41, 5.74) is 9.17. The maximum Gasteiger partial charge on any atom is 0.234 e. The average Bonchev–Trinajstić information content (AvgIpc) is 2.55. The van der Waals surface area contributed by atoms with Gasteiger partial charge >= 0.3 is 0 Å². The van der Waals surface area contributed by atoms with E-state index in [4.69, 9.17) is 5.73 Å². The standard InChI is InChI=1S/C21H31N3O2/c1-14(2)10-19(21(22)25)23-13-16-6-7-18-17(11-16)8-9-24(26)20(18)12-15-4-3-5-15/h6-7,11,14-15,19-20,23H,3-5,8-10,12-13H2,1-2H3,(H-,22,25)/p+1. The Balaban J connectivity index is 1.67. The summed E-state index contributed by atoms with van der Waals surface area (Å²) in [7, 11) is 0. The number of nitrogens with one attached hydrogen (secondary N) is 1. The van der Waals surface area contributed by atoms with Crippen LogP contribution < -0.4 is 11.1 Å². The summed E-state index contributed by atoms with van der Waals surface area (Å²) >= 11 is 0. The fourth-order valence-corrected chi connectivity index (χ4v) is 4.15. The monoisotopic (exact) mass is 358 g/mol. The molecule has 5 nitrogen and oxygen atoms in total. The summed E-state index contributed by atoms with van der Waals surface area (Å²) in [6.45, 7) is 5.39. The minimum Gasteiger partial charge on any atom is -0.368 e. The van der Waals surface area contributed by atoms with Crippen LogP contribution in [0.15, 0.2) is 18.2 Å². The lowest BCUT2D eigenvalue weighted by Crippen LogP contribution is -2.41.